The van der Waals surface area contributed by atoms with Crippen LogP contribution >= 0.6 is 0 Å². The summed E-state index contributed by atoms with van der Waals surface area (Å²) >= 11 is 0. The lowest BCUT2D eigenvalue weighted by Gasteiger charge is -2.03. The van der Waals surface area contributed by atoms with E-state index in [-0.39, 0.29) is 17.8 Å². The molecule has 0 saturated carbocycles. The first kappa shape index (κ1) is 13.7. The van der Waals surface area contributed by atoms with Crippen molar-refractivity contribution in [1.82, 2.24) is 4.98 Å². The summed E-state index contributed by atoms with van der Waals surface area (Å²) in [5, 5.41) is 20.1. The fourth-order valence-corrected chi connectivity index (χ4v) is 1.82. The Kier molecular flexibility index (Phi) is 3.74. The highest BCUT2D eigenvalue weighted by molar-refractivity contribution is 5.98. The van der Waals surface area contributed by atoms with E-state index in [0.29, 0.717) is 5.69 Å². The van der Waals surface area contributed by atoms with Crippen molar-refractivity contribution in [3.05, 3.63) is 63.5 Å². The van der Waals surface area contributed by atoms with Gasteiger partial charge in [-0.25, -0.2) is 0 Å². The summed E-state index contributed by atoms with van der Waals surface area (Å²) in [5.41, 5.74) is 1.22. The van der Waals surface area contributed by atoms with Gasteiger partial charge in [-0.2, -0.15) is 0 Å². The van der Waals surface area contributed by atoms with Gasteiger partial charge in [0, 0.05) is 23.0 Å². The number of pyridine rings is 1. The molecule has 1 N–H and O–H groups in total. The minimum atomic E-state index is -0.703. The Hall–Kier alpha value is -2.76. The molecule has 0 unspecified atom stereocenters. The van der Waals surface area contributed by atoms with Gasteiger partial charge in [-0.05, 0) is 31.2 Å². The Balaban J connectivity index is 2.22. The molecule has 0 aliphatic rings. The third-order valence-corrected chi connectivity index (χ3v) is 2.78. The van der Waals surface area contributed by atoms with Crippen molar-refractivity contribution >= 4 is 11.5 Å². The molecule has 6 heteroatoms. The second-order valence-electron chi connectivity index (χ2n) is 4.33. The Labute approximate surface area is 114 Å². The highest BCUT2D eigenvalue weighted by Crippen LogP contribution is 2.26. The van der Waals surface area contributed by atoms with Crippen molar-refractivity contribution in [3.63, 3.8) is 0 Å². The number of Topliss-reactive ketones (excluding diaryl/α,β-unsaturated/α-hetero) is 1. The molecule has 0 amide bonds. The number of aromatic nitrogens is 1. The number of aromatic hydroxyl groups is 1. The first-order valence-electron chi connectivity index (χ1n) is 5.90. The Morgan fingerprint density at radius 2 is 2.10 bits per heavy atom. The summed E-state index contributed by atoms with van der Waals surface area (Å²) in [6.07, 6.45) is 0.0823. The second kappa shape index (κ2) is 5.48. The molecular weight excluding hydrogens is 260 g/mol. The van der Waals surface area contributed by atoms with Crippen molar-refractivity contribution in [3.8, 4) is 5.75 Å². The molecule has 20 heavy (non-hydrogen) atoms. The van der Waals surface area contributed by atoms with Crippen LogP contribution in [0.2, 0.25) is 0 Å². The molecule has 6 nitrogen and oxygen atoms in total. The van der Waals surface area contributed by atoms with E-state index in [9.17, 15) is 20.0 Å². The van der Waals surface area contributed by atoms with Gasteiger partial charge in [-0.15, -0.1) is 0 Å². The molecule has 0 bridgehead atoms. The van der Waals surface area contributed by atoms with Gasteiger partial charge in [0.25, 0.3) is 0 Å². The molecule has 0 spiro atoms. The standard InChI is InChI=1S/C14H12N2O4/c1-9-3-2-4-11(15-9)8-13(17)10-5-6-12(16(19)20)14(18)7-10/h2-7,18H,8H2,1H3. The lowest BCUT2D eigenvalue weighted by molar-refractivity contribution is -0.385. The van der Waals surface area contributed by atoms with E-state index in [1.54, 1.807) is 12.1 Å². The molecule has 0 aliphatic heterocycles. The summed E-state index contributed by atoms with van der Waals surface area (Å²) in [6, 6.07) is 8.92. The lowest BCUT2D eigenvalue weighted by Crippen LogP contribution is -2.05. The van der Waals surface area contributed by atoms with Crippen LogP contribution in [0.15, 0.2) is 36.4 Å². The topological polar surface area (TPSA) is 93.3 Å². The van der Waals surface area contributed by atoms with Crippen LogP contribution < -0.4 is 0 Å². The summed E-state index contributed by atoms with van der Waals surface area (Å²) < 4.78 is 0. The average Bonchev–Trinajstić information content (AvgIpc) is 2.38. The number of benzene rings is 1. The third kappa shape index (κ3) is 2.97. The molecule has 0 fully saturated rings. The molecule has 1 aromatic carbocycles. The van der Waals surface area contributed by atoms with Crippen LogP contribution in [-0.4, -0.2) is 20.8 Å². The molecule has 0 radical (unpaired) electrons. The largest absolute Gasteiger partial charge is 0.502 e. The zero-order chi connectivity index (χ0) is 14.7. The van der Waals surface area contributed by atoms with Gasteiger partial charge in [0.05, 0.1) is 11.3 Å². The molecule has 0 saturated heterocycles. The predicted molar refractivity (Wildman–Crippen MR) is 71.8 cm³/mol. The zero-order valence-corrected chi connectivity index (χ0v) is 10.7. The molecule has 0 aliphatic carbocycles. The SMILES string of the molecule is Cc1cccc(CC(=O)c2ccc([N+](=O)[O-])c(O)c2)n1. The van der Waals surface area contributed by atoms with Crippen LogP contribution in [0.25, 0.3) is 0 Å². The Morgan fingerprint density at radius 1 is 1.35 bits per heavy atom. The number of nitrogens with zero attached hydrogens (tertiary/aromatic N) is 2. The zero-order valence-electron chi connectivity index (χ0n) is 10.7. The van der Waals surface area contributed by atoms with Crippen LogP contribution in [0.5, 0.6) is 5.75 Å². The molecule has 2 aromatic rings. The Bertz CT molecular complexity index is 683. The predicted octanol–water partition coefficient (Wildman–Crippen LogP) is 2.43. The number of ketones is 1. The van der Waals surface area contributed by atoms with Crippen LogP contribution in [0.1, 0.15) is 21.7 Å². The van der Waals surface area contributed by atoms with Crippen molar-refractivity contribution < 1.29 is 14.8 Å². The first-order chi connectivity index (χ1) is 9.47. The molecule has 1 aromatic heterocycles. The highest BCUT2D eigenvalue weighted by Gasteiger charge is 2.16. The van der Waals surface area contributed by atoms with E-state index in [1.807, 2.05) is 13.0 Å². The van der Waals surface area contributed by atoms with Crippen LogP contribution in [0.4, 0.5) is 5.69 Å². The van der Waals surface area contributed by atoms with Gasteiger partial charge in [0.1, 0.15) is 0 Å². The van der Waals surface area contributed by atoms with Crippen molar-refractivity contribution in [2.24, 2.45) is 0 Å². The van der Waals surface area contributed by atoms with Gasteiger partial charge < -0.3 is 5.11 Å². The van der Waals surface area contributed by atoms with Gasteiger partial charge in [-0.3, -0.25) is 19.9 Å². The number of hydrogen-bond acceptors (Lipinski definition) is 5. The molecule has 102 valence electrons. The van der Waals surface area contributed by atoms with E-state index in [0.717, 1.165) is 17.8 Å². The fraction of sp³-hybridized carbons (Fsp3) is 0.143. The number of phenolic OH excluding ortho intramolecular Hbond substituents is 1. The fourth-order valence-electron chi connectivity index (χ4n) is 1.82. The molecular formula is C14H12N2O4. The third-order valence-electron chi connectivity index (χ3n) is 2.78. The summed E-state index contributed by atoms with van der Waals surface area (Å²) in [5.74, 6) is -0.772. The number of nitro groups is 1. The molecule has 1 heterocycles. The average molecular weight is 272 g/mol. The number of aryl methyl sites for hydroxylation is 1. The van der Waals surface area contributed by atoms with Gasteiger partial charge in [0.2, 0.25) is 0 Å². The number of phenols is 1. The van der Waals surface area contributed by atoms with Crippen molar-refractivity contribution in [2.75, 3.05) is 0 Å². The minimum Gasteiger partial charge on any atom is -0.502 e. The number of rotatable bonds is 4. The number of hydrogen-bond donors (Lipinski definition) is 1. The minimum absolute atomic E-state index is 0.0823. The van der Waals surface area contributed by atoms with Gasteiger partial charge in [-0.1, -0.05) is 6.07 Å². The first-order valence-corrected chi connectivity index (χ1v) is 5.90. The van der Waals surface area contributed by atoms with Crippen LogP contribution in [0, 0.1) is 17.0 Å². The Morgan fingerprint density at radius 3 is 2.70 bits per heavy atom. The second-order valence-corrected chi connectivity index (χ2v) is 4.33. The monoisotopic (exact) mass is 272 g/mol. The van der Waals surface area contributed by atoms with E-state index in [1.165, 1.54) is 6.07 Å². The summed E-state index contributed by atoms with van der Waals surface area (Å²) in [6.45, 7) is 1.83. The number of carbonyl (C=O) groups is 1. The molecule has 0 atom stereocenters. The summed E-state index contributed by atoms with van der Waals surface area (Å²) in [7, 11) is 0. The van der Waals surface area contributed by atoms with E-state index in [2.05, 4.69) is 4.98 Å². The number of nitro benzene ring substituents is 1. The number of carbonyl (C=O) groups excluding carboxylic acids is 1. The molecule has 2 rings (SSSR count). The van der Waals surface area contributed by atoms with E-state index < -0.39 is 16.4 Å². The maximum atomic E-state index is 12.0. The quantitative estimate of drug-likeness (QED) is 0.524. The maximum Gasteiger partial charge on any atom is 0.310 e. The van der Waals surface area contributed by atoms with Crippen molar-refractivity contribution in [2.45, 2.75) is 13.3 Å². The highest BCUT2D eigenvalue weighted by atomic mass is 16.6. The normalized spacial score (nSPS) is 10.2. The van der Waals surface area contributed by atoms with Gasteiger partial charge in [0.15, 0.2) is 11.5 Å². The van der Waals surface area contributed by atoms with E-state index in [4.69, 9.17) is 0 Å². The van der Waals surface area contributed by atoms with Gasteiger partial charge >= 0.3 is 5.69 Å². The lowest BCUT2D eigenvalue weighted by atomic mass is 10.1. The van der Waals surface area contributed by atoms with Crippen LogP contribution in [0.3, 0.4) is 0 Å². The van der Waals surface area contributed by atoms with Crippen LogP contribution in [-0.2, 0) is 6.42 Å². The smallest absolute Gasteiger partial charge is 0.310 e. The summed E-state index contributed by atoms with van der Waals surface area (Å²) in [4.78, 5) is 26.1. The van der Waals surface area contributed by atoms with Crippen molar-refractivity contribution in [1.29, 1.82) is 0 Å². The van der Waals surface area contributed by atoms with E-state index >= 15 is 0 Å². The maximum absolute atomic E-state index is 12.0.